The zero-order chi connectivity index (χ0) is 20.8. The molecule has 6 nitrogen and oxygen atoms in total. The van der Waals surface area contributed by atoms with Crippen molar-refractivity contribution in [3.63, 3.8) is 0 Å². The first kappa shape index (κ1) is 20.3. The third kappa shape index (κ3) is 5.28. The van der Waals surface area contributed by atoms with Gasteiger partial charge in [-0.2, -0.15) is 0 Å². The van der Waals surface area contributed by atoms with E-state index in [0.717, 1.165) is 11.3 Å². The molecule has 150 valence electrons. The van der Waals surface area contributed by atoms with Gasteiger partial charge in [-0.25, -0.2) is 14.4 Å². The van der Waals surface area contributed by atoms with Crippen molar-refractivity contribution in [3.8, 4) is 5.75 Å². The molecule has 0 saturated carbocycles. The predicted molar refractivity (Wildman–Crippen MR) is 110 cm³/mol. The highest BCUT2D eigenvalue weighted by Crippen LogP contribution is 2.28. The molecule has 1 aromatic heterocycles. The van der Waals surface area contributed by atoms with Gasteiger partial charge in [0.05, 0.1) is 12.8 Å². The van der Waals surface area contributed by atoms with E-state index in [9.17, 15) is 9.18 Å². The second kappa shape index (κ2) is 9.14. The zero-order valence-corrected chi connectivity index (χ0v) is 16.6. The molecule has 0 aliphatic heterocycles. The maximum Gasteiger partial charge on any atom is 0.270 e. The number of hydrogen-bond donors (Lipinski definition) is 2. The van der Waals surface area contributed by atoms with Crippen molar-refractivity contribution in [2.75, 3.05) is 19.0 Å². The monoisotopic (exact) mass is 394 g/mol. The smallest absolute Gasteiger partial charge is 0.270 e. The number of benzene rings is 2. The molecule has 0 fully saturated rings. The summed E-state index contributed by atoms with van der Waals surface area (Å²) in [4.78, 5) is 21.1. The van der Waals surface area contributed by atoms with E-state index in [4.69, 9.17) is 4.74 Å². The molecule has 29 heavy (non-hydrogen) atoms. The molecule has 0 aliphatic rings. The lowest BCUT2D eigenvalue weighted by atomic mass is 10.1. The highest BCUT2D eigenvalue weighted by atomic mass is 19.1. The number of anilines is 2. The van der Waals surface area contributed by atoms with E-state index >= 15 is 0 Å². The normalized spacial score (nSPS) is 10.5. The maximum absolute atomic E-state index is 13.7. The Morgan fingerprint density at radius 2 is 1.90 bits per heavy atom. The molecule has 7 heteroatoms. The summed E-state index contributed by atoms with van der Waals surface area (Å²) in [5.74, 6) is 0.994. The van der Waals surface area contributed by atoms with E-state index in [2.05, 4.69) is 20.6 Å². The van der Waals surface area contributed by atoms with Crippen LogP contribution in [0, 0.1) is 19.7 Å². The Hall–Kier alpha value is -3.48. The Morgan fingerprint density at radius 3 is 2.66 bits per heavy atom. The van der Waals surface area contributed by atoms with Gasteiger partial charge in [0.15, 0.2) is 0 Å². The zero-order valence-electron chi connectivity index (χ0n) is 16.6. The van der Waals surface area contributed by atoms with Gasteiger partial charge in [0.1, 0.15) is 28.9 Å². The number of amides is 1. The Balaban J connectivity index is 1.71. The number of ether oxygens (including phenoxy) is 1. The molecule has 1 amide bonds. The Morgan fingerprint density at radius 1 is 1.10 bits per heavy atom. The fraction of sp³-hybridized carbons (Fsp3) is 0.227. The van der Waals surface area contributed by atoms with Gasteiger partial charge in [-0.1, -0.05) is 24.3 Å². The minimum atomic E-state index is -0.342. The summed E-state index contributed by atoms with van der Waals surface area (Å²) < 4.78 is 19.1. The van der Waals surface area contributed by atoms with Gasteiger partial charge in [0.25, 0.3) is 5.91 Å². The van der Waals surface area contributed by atoms with E-state index in [1.54, 1.807) is 38.3 Å². The van der Waals surface area contributed by atoms with Crippen LogP contribution in [0.25, 0.3) is 0 Å². The SMILES string of the molecule is COc1ccc(C)cc1Nc1cc(C(=O)NCCc2ccccc2F)nc(C)n1. The van der Waals surface area contributed by atoms with E-state index in [1.807, 2.05) is 25.1 Å². The molecule has 0 saturated heterocycles. The highest BCUT2D eigenvalue weighted by Gasteiger charge is 2.12. The second-order valence-corrected chi connectivity index (χ2v) is 6.61. The summed E-state index contributed by atoms with van der Waals surface area (Å²) in [7, 11) is 1.59. The van der Waals surface area contributed by atoms with Crippen LogP contribution in [0.15, 0.2) is 48.5 Å². The summed E-state index contributed by atoms with van der Waals surface area (Å²) in [5.41, 5.74) is 2.60. The van der Waals surface area contributed by atoms with Gasteiger partial charge < -0.3 is 15.4 Å². The van der Waals surface area contributed by atoms with E-state index in [1.165, 1.54) is 6.07 Å². The van der Waals surface area contributed by atoms with Crippen molar-refractivity contribution in [1.82, 2.24) is 15.3 Å². The first-order chi connectivity index (χ1) is 14.0. The van der Waals surface area contributed by atoms with Crippen molar-refractivity contribution >= 4 is 17.4 Å². The number of aromatic nitrogens is 2. The lowest BCUT2D eigenvalue weighted by Gasteiger charge is -2.13. The Bertz CT molecular complexity index is 1020. The van der Waals surface area contributed by atoms with Gasteiger partial charge in [-0.15, -0.1) is 0 Å². The van der Waals surface area contributed by atoms with Crippen LogP contribution in [0.3, 0.4) is 0 Å². The van der Waals surface area contributed by atoms with Crippen LogP contribution >= 0.6 is 0 Å². The standard InChI is InChI=1S/C22H23FN4O2/c1-14-8-9-20(29-3)18(12-14)27-21-13-19(25-15(2)26-21)22(28)24-11-10-16-6-4-5-7-17(16)23/h4-9,12-13H,10-11H2,1-3H3,(H,24,28)(H,25,26,27). The first-order valence-electron chi connectivity index (χ1n) is 9.25. The lowest BCUT2D eigenvalue weighted by molar-refractivity contribution is 0.0948. The molecular formula is C22H23FN4O2. The molecule has 0 unspecified atom stereocenters. The van der Waals surface area contributed by atoms with Crippen LogP contribution in [0.5, 0.6) is 5.75 Å². The van der Waals surface area contributed by atoms with Crippen LogP contribution in [0.4, 0.5) is 15.9 Å². The summed E-state index contributed by atoms with van der Waals surface area (Å²) in [6.07, 6.45) is 0.397. The third-order valence-corrected chi connectivity index (χ3v) is 4.33. The van der Waals surface area contributed by atoms with Gasteiger partial charge in [0.2, 0.25) is 0 Å². The average molecular weight is 394 g/mol. The summed E-state index contributed by atoms with van der Waals surface area (Å²) >= 11 is 0. The first-order valence-corrected chi connectivity index (χ1v) is 9.25. The molecule has 3 rings (SSSR count). The highest BCUT2D eigenvalue weighted by molar-refractivity contribution is 5.93. The molecule has 0 aliphatic carbocycles. The van der Waals surface area contributed by atoms with Crippen molar-refractivity contribution in [2.45, 2.75) is 20.3 Å². The molecular weight excluding hydrogens is 371 g/mol. The summed E-state index contributed by atoms with van der Waals surface area (Å²) in [6, 6.07) is 13.8. The Labute approximate surface area is 169 Å². The molecule has 2 aromatic carbocycles. The number of carbonyl (C=O) groups is 1. The average Bonchev–Trinajstić information content (AvgIpc) is 2.69. The fourth-order valence-corrected chi connectivity index (χ4v) is 2.91. The molecule has 0 spiro atoms. The lowest BCUT2D eigenvalue weighted by Crippen LogP contribution is -2.27. The molecule has 0 bridgehead atoms. The van der Waals surface area contributed by atoms with Crippen LogP contribution in [-0.2, 0) is 6.42 Å². The number of nitrogens with zero attached hydrogens (tertiary/aromatic N) is 2. The number of nitrogens with one attached hydrogen (secondary N) is 2. The van der Waals surface area contributed by atoms with Gasteiger partial charge in [-0.3, -0.25) is 4.79 Å². The van der Waals surface area contributed by atoms with Crippen LogP contribution in [-0.4, -0.2) is 29.5 Å². The van der Waals surface area contributed by atoms with Crippen molar-refractivity contribution in [3.05, 3.63) is 77.0 Å². The fourth-order valence-electron chi connectivity index (χ4n) is 2.91. The maximum atomic E-state index is 13.7. The molecule has 3 aromatic rings. The number of rotatable bonds is 7. The molecule has 0 atom stereocenters. The largest absolute Gasteiger partial charge is 0.495 e. The van der Waals surface area contributed by atoms with Crippen LogP contribution < -0.4 is 15.4 Å². The van der Waals surface area contributed by atoms with E-state index in [0.29, 0.717) is 35.9 Å². The number of hydrogen-bond acceptors (Lipinski definition) is 5. The second-order valence-electron chi connectivity index (χ2n) is 6.61. The van der Waals surface area contributed by atoms with Crippen molar-refractivity contribution < 1.29 is 13.9 Å². The quantitative estimate of drug-likeness (QED) is 0.634. The van der Waals surface area contributed by atoms with Crippen molar-refractivity contribution in [2.24, 2.45) is 0 Å². The molecule has 1 heterocycles. The van der Waals surface area contributed by atoms with Gasteiger partial charge in [-0.05, 0) is 49.6 Å². The number of halogens is 1. The van der Waals surface area contributed by atoms with E-state index in [-0.39, 0.29) is 17.4 Å². The predicted octanol–water partition coefficient (Wildman–Crippen LogP) is 3.96. The van der Waals surface area contributed by atoms with Crippen molar-refractivity contribution in [1.29, 1.82) is 0 Å². The topological polar surface area (TPSA) is 76.1 Å². The number of aryl methyl sites for hydroxylation is 2. The summed E-state index contributed by atoms with van der Waals surface area (Å²) in [6.45, 7) is 4.00. The van der Waals surface area contributed by atoms with Gasteiger partial charge in [0, 0.05) is 12.6 Å². The van der Waals surface area contributed by atoms with Crippen LogP contribution in [0.1, 0.15) is 27.4 Å². The van der Waals surface area contributed by atoms with E-state index < -0.39 is 0 Å². The Kier molecular flexibility index (Phi) is 6.39. The minimum absolute atomic E-state index is 0.236. The number of carbonyl (C=O) groups excluding carboxylic acids is 1. The molecule has 2 N–H and O–H groups in total. The third-order valence-electron chi connectivity index (χ3n) is 4.33. The van der Waals surface area contributed by atoms with Crippen LogP contribution in [0.2, 0.25) is 0 Å². The summed E-state index contributed by atoms with van der Waals surface area (Å²) in [5, 5.41) is 5.96. The number of methoxy groups -OCH3 is 1. The van der Waals surface area contributed by atoms with Gasteiger partial charge >= 0.3 is 0 Å². The minimum Gasteiger partial charge on any atom is -0.495 e. The molecule has 0 radical (unpaired) electrons.